The quantitative estimate of drug-likeness (QED) is 0.780. The fraction of sp³-hybridized carbons (Fsp3) is 0.385. The summed E-state index contributed by atoms with van der Waals surface area (Å²) in [6.45, 7) is 0.840. The second-order valence-electron chi connectivity index (χ2n) is 4.94. The average Bonchev–Trinajstić information content (AvgIpc) is 3.18. The first-order valence-electron chi connectivity index (χ1n) is 6.38. The van der Waals surface area contributed by atoms with Crippen LogP contribution in [-0.2, 0) is 19.6 Å². The van der Waals surface area contributed by atoms with Gasteiger partial charge < -0.3 is 4.74 Å². The highest BCUT2D eigenvalue weighted by Crippen LogP contribution is 2.31. The molecule has 0 atom stereocenters. The molecule has 0 amide bonds. The Labute approximate surface area is 137 Å². The van der Waals surface area contributed by atoms with Crippen LogP contribution < -0.4 is 4.72 Å². The molecule has 9 heteroatoms. The highest BCUT2D eigenvalue weighted by atomic mass is 35.5. The van der Waals surface area contributed by atoms with Gasteiger partial charge in [-0.15, -0.1) is 0 Å². The number of rotatable bonds is 6. The number of hydrogen-bond acceptors (Lipinski definition) is 5. The number of hydrogen-bond donors (Lipinski definition) is 1. The van der Waals surface area contributed by atoms with Crippen molar-refractivity contribution in [3.63, 3.8) is 0 Å². The average molecular weight is 366 g/mol. The fourth-order valence-corrected chi connectivity index (χ4v) is 3.78. The minimum atomic E-state index is -3.85. The van der Waals surface area contributed by atoms with Crippen LogP contribution in [0.2, 0.25) is 10.0 Å². The SMILES string of the molecule is CC(=O)COC(=O)c1cc(S(=O)(=O)NC2CC2)c(Cl)cc1Cl. The summed E-state index contributed by atoms with van der Waals surface area (Å²) in [4.78, 5) is 22.5. The Bertz CT molecular complexity index is 728. The van der Waals surface area contributed by atoms with Crippen LogP contribution in [0.1, 0.15) is 30.1 Å². The lowest BCUT2D eigenvalue weighted by Gasteiger charge is -2.11. The Hall–Kier alpha value is -1.15. The van der Waals surface area contributed by atoms with Crippen molar-refractivity contribution in [2.45, 2.75) is 30.7 Å². The van der Waals surface area contributed by atoms with E-state index in [9.17, 15) is 18.0 Å². The molecule has 22 heavy (non-hydrogen) atoms. The van der Waals surface area contributed by atoms with Gasteiger partial charge >= 0.3 is 5.97 Å². The number of ketones is 1. The summed E-state index contributed by atoms with van der Waals surface area (Å²) in [5.41, 5.74) is -0.163. The smallest absolute Gasteiger partial charge is 0.340 e. The van der Waals surface area contributed by atoms with Crippen LogP contribution in [0.15, 0.2) is 17.0 Å². The largest absolute Gasteiger partial charge is 0.454 e. The van der Waals surface area contributed by atoms with Crippen LogP contribution in [0.25, 0.3) is 0 Å². The van der Waals surface area contributed by atoms with Gasteiger partial charge in [-0.2, -0.15) is 0 Å². The number of carbonyl (C=O) groups excluding carboxylic acids is 2. The molecule has 1 saturated carbocycles. The number of sulfonamides is 1. The summed E-state index contributed by atoms with van der Waals surface area (Å²) in [5.74, 6) is -1.23. The predicted molar refractivity (Wildman–Crippen MR) is 80.8 cm³/mol. The Morgan fingerprint density at radius 2 is 1.91 bits per heavy atom. The third kappa shape index (κ3) is 4.19. The van der Waals surface area contributed by atoms with Crippen molar-refractivity contribution in [2.24, 2.45) is 0 Å². The predicted octanol–water partition coefficient (Wildman–Crippen LogP) is 2.18. The van der Waals surface area contributed by atoms with Crippen molar-refractivity contribution in [1.29, 1.82) is 0 Å². The highest BCUT2D eigenvalue weighted by Gasteiger charge is 2.30. The summed E-state index contributed by atoms with van der Waals surface area (Å²) < 4.78 is 31.6. The van der Waals surface area contributed by atoms with E-state index in [2.05, 4.69) is 4.72 Å². The van der Waals surface area contributed by atoms with E-state index >= 15 is 0 Å². The summed E-state index contributed by atoms with van der Waals surface area (Å²) >= 11 is 11.8. The minimum absolute atomic E-state index is 0.0519. The van der Waals surface area contributed by atoms with Gasteiger partial charge in [-0.25, -0.2) is 17.9 Å². The molecule has 1 aromatic rings. The first-order valence-corrected chi connectivity index (χ1v) is 8.62. The first kappa shape index (κ1) is 17.2. The van der Waals surface area contributed by atoms with E-state index in [0.29, 0.717) is 0 Å². The van der Waals surface area contributed by atoms with E-state index in [4.69, 9.17) is 27.9 Å². The lowest BCUT2D eigenvalue weighted by Crippen LogP contribution is -2.26. The van der Waals surface area contributed by atoms with Crippen LogP contribution in [0.4, 0.5) is 0 Å². The van der Waals surface area contributed by atoms with Crippen LogP contribution in [0.3, 0.4) is 0 Å². The molecule has 0 aromatic heterocycles. The molecule has 120 valence electrons. The monoisotopic (exact) mass is 365 g/mol. The van der Waals surface area contributed by atoms with Crippen molar-refractivity contribution in [3.8, 4) is 0 Å². The lowest BCUT2D eigenvalue weighted by atomic mass is 10.2. The lowest BCUT2D eigenvalue weighted by molar-refractivity contribution is -0.120. The third-order valence-electron chi connectivity index (χ3n) is 2.84. The van der Waals surface area contributed by atoms with Crippen molar-refractivity contribution in [3.05, 3.63) is 27.7 Å². The normalized spacial score (nSPS) is 14.7. The Kier molecular flexibility index (Phi) is 5.11. The topological polar surface area (TPSA) is 89.5 Å². The molecule has 0 radical (unpaired) electrons. The van der Waals surface area contributed by atoms with Gasteiger partial charge in [0.15, 0.2) is 5.78 Å². The summed E-state index contributed by atoms with van der Waals surface area (Å²) in [6, 6.07) is 2.11. The Morgan fingerprint density at radius 3 is 2.45 bits per heavy atom. The molecule has 0 aliphatic heterocycles. The van der Waals surface area contributed by atoms with Gasteiger partial charge in [0.25, 0.3) is 0 Å². The van der Waals surface area contributed by atoms with Crippen LogP contribution in [0.5, 0.6) is 0 Å². The van der Waals surface area contributed by atoms with Crippen LogP contribution >= 0.6 is 23.2 Å². The summed E-state index contributed by atoms with van der Waals surface area (Å²) in [6.07, 6.45) is 1.52. The van der Waals surface area contributed by atoms with Crippen molar-refractivity contribution >= 4 is 45.0 Å². The van der Waals surface area contributed by atoms with Gasteiger partial charge in [0.2, 0.25) is 10.0 Å². The second-order valence-corrected chi connectivity index (χ2v) is 7.43. The molecule has 1 N–H and O–H groups in total. The first-order chi connectivity index (χ1) is 10.2. The number of Topliss-reactive ketones (excluding diaryl/α,β-unsaturated/α-hetero) is 1. The minimum Gasteiger partial charge on any atom is -0.454 e. The molecule has 2 rings (SSSR count). The Balaban J connectivity index is 2.33. The molecule has 0 spiro atoms. The number of esters is 1. The maximum atomic E-state index is 12.2. The van der Waals surface area contributed by atoms with E-state index in [0.717, 1.165) is 25.0 Å². The summed E-state index contributed by atoms with van der Waals surface area (Å²) in [5, 5.41) is -0.148. The number of ether oxygens (including phenoxy) is 1. The van der Waals surface area contributed by atoms with Crippen molar-refractivity contribution in [2.75, 3.05) is 6.61 Å². The van der Waals surface area contributed by atoms with E-state index < -0.39 is 22.6 Å². The number of halogens is 2. The zero-order chi connectivity index (χ0) is 16.5. The molecule has 1 aliphatic carbocycles. The maximum absolute atomic E-state index is 12.2. The van der Waals surface area contributed by atoms with Gasteiger partial charge in [0.1, 0.15) is 11.5 Å². The maximum Gasteiger partial charge on any atom is 0.340 e. The van der Waals surface area contributed by atoms with Gasteiger partial charge in [-0.05, 0) is 31.9 Å². The highest BCUT2D eigenvalue weighted by molar-refractivity contribution is 7.89. The molecule has 0 unspecified atom stereocenters. The third-order valence-corrected chi connectivity index (χ3v) is 5.13. The molecule has 0 bridgehead atoms. The number of nitrogens with one attached hydrogen (secondary N) is 1. The molecule has 1 aromatic carbocycles. The van der Waals surface area contributed by atoms with E-state index in [1.54, 1.807) is 0 Å². The van der Waals surface area contributed by atoms with Crippen LogP contribution in [0, 0.1) is 0 Å². The van der Waals surface area contributed by atoms with E-state index in [-0.39, 0.29) is 32.3 Å². The van der Waals surface area contributed by atoms with Crippen molar-refractivity contribution < 1.29 is 22.7 Å². The Morgan fingerprint density at radius 1 is 1.27 bits per heavy atom. The molecule has 0 saturated heterocycles. The second kappa shape index (κ2) is 6.54. The van der Waals surface area contributed by atoms with Crippen LogP contribution in [-0.4, -0.2) is 32.8 Å². The van der Waals surface area contributed by atoms with Gasteiger partial charge in [0.05, 0.1) is 15.6 Å². The molecular formula is C13H13Cl2NO5S. The van der Waals surface area contributed by atoms with Gasteiger partial charge in [0, 0.05) is 6.04 Å². The number of benzene rings is 1. The standard InChI is InChI=1S/C13H13Cl2NO5S/c1-7(17)6-21-13(18)9-4-12(11(15)5-10(9)14)22(19,20)16-8-2-3-8/h4-5,8,16H,2-3,6H2,1H3. The molecule has 0 heterocycles. The fourth-order valence-electron chi connectivity index (χ4n) is 1.62. The number of carbonyl (C=O) groups is 2. The van der Waals surface area contributed by atoms with E-state index in [1.165, 1.54) is 6.92 Å². The van der Waals surface area contributed by atoms with Gasteiger partial charge in [-0.3, -0.25) is 4.79 Å². The zero-order valence-corrected chi connectivity index (χ0v) is 13.9. The van der Waals surface area contributed by atoms with E-state index in [1.807, 2.05) is 0 Å². The molecule has 6 nitrogen and oxygen atoms in total. The molecule has 1 fully saturated rings. The molecule has 1 aliphatic rings. The van der Waals surface area contributed by atoms with Gasteiger partial charge in [-0.1, -0.05) is 23.2 Å². The molecular weight excluding hydrogens is 353 g/mol. The van der Waals surface area contributed by atoms with Crippen molar-refractivity contribution in [1.82, 2.24) is 4.72 Å². The zero-order valence-electron chi connectivity index (χ0n) is 11.6. The summed E-state index contributed by atoms with van der Waals surface area (Å²) in [7, 11) is -3.85.